The first-order chi connectivity index (χ1) is 17.5. The molecule has 0 amide bonds. The summed E-state index contributed by atoms with van der Waals surface area (Å²) >= 11 is 0. The third-order valence-electron chi connectivity index (χ3n) is 2.43. The van der Waals surface area contributed by atoms with Gasteiger partial charge in [-0.15, -0.1) is 118 Å². The van der Waals surface area contributed by atoms with Crippen LogP contribution in [0.15, 0.2) is 155 Å². The SMILES string of the molecule is C=C.C=C.C=C.C=C.C=C.C=C.C=C.C=C.C=CCCC(=C)C(=O)OCCOC(=O)C(=C)CCC=C. The number of hydrogen-bond acceptors (Lipinski definition) is 4. The van der Waals surface area contributed by atoms with Crippen LogP contribution < -0.4 is 0 Å². The second kappa shape index (κ2) is 86.3. The Bertz CT molecular complexity index is 444. The molecule has 0 radical (unpaired) electrons. The predicted molar refractivity (Wildman–Crippen MR) is 169 cm³/mol. The molecule has 0 heterocycles. The monoisotopic (exact) mass is 502 g/mol. The van der Waals surface area contributed by atoms with Crippen LogP contribution in [0.2, 0.25) is 0 Å². The van der Waals surface area contributed by atoms with Crippen molar-refractivity contribution in [1.82, 2.24) is 0 Å². The minimum atomic E-state index is -0.478. The van der Waals surface area contributed by atoms with Gasteiger partial charge in [0.15, 0.2) is 0 Å². The van der Waals surface area contributed by atoms with Gasteiger partial charge < -0.3 is 9.47 Å². The van der Waals surface area contributed by atoms with Gasteiger partial charge >= 0.3 is 11.9 Å². The summed E-state index contributed by atoms with van der Waals surface area (Å²) in [5.41, 5.74) is 0.762. The molecular formula is C32H54O4. The molecule has 0 aromatic heterocycles. The summed E-state index contributed by atoms with van der Waals surface area (Å²) in [4.78, 5) is 22.9. The summed E-state index contributed by atoms with van der Waals surface area (Å²) in [6.45, 7) is 62.4. The van der Waals surface area contributed by atoms with E-state index in [0.29, 0.717) is 36.8 Å². The molecule has 4 nitrogen and oxygen atoms in total. The Morgan fingerprint density at radius 1 is 0.472 bits per heavy atom. The molecule has 0 aliphatic carbocycles. The molecule has 0 saturated carbocycles. The van der Waals surface area contributed by atoms with Crippen LogP contribution in [-0.2, 0) is 19.1 Å². The molecule has 0 unspecified atom stereocenters. The van der Waals surface area contributed by atoms with Crippen molar-refractivity contribution >= 4 is 11.9 Å². The van der Waals surface area contributed by atoms with E-state index in [9.17, 15) is 9.59 Å². The van der Waals surface area contributed by atoms with Crippen molar-refractivity contribution in [2.24, 2.45) is 0 Å². The minimum absolute atomic E-state index is 0.00637. The largest absolute Gasteiger partial charge is 0.459 e. The molecule has 0 aliphatic heterocycles. The zero-order valence-electron chi connectivity index (χ0n) is 23.2. The number of rotatable bonds is 11. The summed E-state index contributed by atoms with van der Waals surface area (Å²) in [5, 5.41) is 0. The number of allylic oxidation sites excluding steroid dienone is 2. The Kier molecular flexibility index (Phi) is 139. The number of esters is 2. The van der Waals surface area contributed by atoms with Crippen molar-refractivity contribution in [3.05, 3.63) is 155 Å². The van der Waals surface area contributed by atoms with Gasteiger partial charge in [0.2, 0.25) is 0 Å². The predicted octanol–water partition coefficient (Wildman–Crippen LogP) is 9.54. The molecule has 0 fully saturated rings. The minimum Gasteiger partial charge on any atom is -0.459 e. The summed E-state index contributed by atoms with van der Waals surface area (Å²) in [6.07, 6.45) is 5.78. The first-order valence-corrected chi connectivity index (χ1v) is 10.4. The highest BCUT2D eigenvalue weighted by Crippen LogP contribution is 2.06. The molecular weight excluding hydrogens is 448 g/mol. The maximum atomic E-state index is 11.4. The maximum absolute atomic E-state index is 11.4. The average Bonchev–Trinajstić information content (AvgIpc) is 3.00. The fraction of sp³-hybridized carbons (Fsp3) is 0.188. The fourth-order valence-corrected chi connectivity index (χ4v) is 1.23. The normalized spacial score (nSPS) is 6.11. The van der Waals surface area contributed by atoms with E-state index in [1.807, 2.05) is 0 Å². The van der Waals surface area contributed by atoms with Gasteiger partial charge in [-0.3, -0.25) is 0 Å². The molecule has 206 valence electrons. The first-order valence-electron chi connectivity index (χ1n) is 10.4. The van der Waals surface area contributed by atoms with Gasteiger partial charge in [-0.1, -0.05) is 25.3 Å². The van der Waals surface area contributed by atoms with Crippen molar-refractivity contribution in [2.45, 2.75) is 25.7 Å². The molecule has 0 saturated heterocycles. The lowest BCUT2D eigenvalue weighted by Crippen LogP contribution is -2.15. The number of hydrogen-bond donors (Lipinski definition) is 0. The van der Waals surface area contributed by atoms with E-state index in [2.05, 4.69) is 132 Å². The van der Waals surface area contributed by atoms with Gasteiger partial charge in [0.1, 0.15) is 13.2 Å². The van der Waals surface area contributed by atoms with Crippen LogP contribution in [0.5, 0.6) is 0 Å². The molecule has 4 heteroatoms. The lowest BCUT2D eigenvalue weighted by atomic mass is 10.2. The Morgan fingerprint density at radius 2 is 0.667 bits per heavy atom. The Hall–Kier alpha value is -4.18. The van der Waals surface area contributed by atoms with Gasteiger partial charge in [-0.25, -0.2) is 9.59 Å². The lowest BCUT2D eigenvalue weighted by Gasteiger charge is -2.08. The van der Waals surface area contributed by atoms with Crippen LogP contribution in [0, 0.1) is 0 Å². The third-order valence-corrected chi connectivity index (χ3v) is 2.43. The lowest BCUT2D eigenvalue weighted by molar-refractivity contribution is -0.147. The van der Waals surface area contributed by atoms with Crippen LogP contribution in [-0.4, -0.2) is 25.2 Å². The highest BCUT2D eigenvalue weighted by molar-refractivity contribution is 5.88. The van der Waals surface area contributed by atoms with Crippen LogP contribution in [0.3, 0.4) is 0 Å². The average molecular weight is 503 g/mol. The molecule has 0 aromatic rings. The van der Waals surface area contributed by atoms with E-state index in [1.165, 1.54) is 0 Å². The van der Waals surface area contributed by atoms with E-state index in [-0.39, 0.29) is 13.2 Å². The molecule has 0 N–H and O–H groups in total. The summed E-state index contributed by atoms with van der Waals surface area (Å²) in [7, 11) is 0. The molecule has 0 aliphatic rings. The Balaban J connectivity index is -0.0000000549. The number of carbonyl (C=O) groups excluding carboxylic acids is 2. The van der Waals surface area contributed by atoms with Gasteiger partial charge in [0.25, 0.3) is 0 Å². The summed E-state index contributed by atoms with van der Waals surface area (Å²) in [6, 6.07) is 0. The van der Waals surface area contributed by atoms with E-state index in [0.717, 1.165) is 0 Å². The molecule has 0 bridgehead atoms. The number of ether oxygens (including phenoxy) is 2. The highest BCUT2D eigenvalue weighted by Gasteiger charge is 2.10. The zero-order chi connectivity index (χ0) is 31.4. The van der Waals surface area contributed by atoms with E-state index in [4.69, 9.17) is 9.47 Å². The molecule has 0 atom stereocenters. The molecule has 0 spiro atoms. The van der Waals surface area contributed by atoms with Gasteiger partial charge in [-0.2, -0.15) is 0 Å². The standard InChI is InChI=1S/C16H22O4.8C2H4/c1-5-7-9-13(3)15(17)19-11-12-20-16(18)14(4)10-8-6-2;8*1-2/h5-6H,1-4,7-12H2;8*1-2H2. The fourth-order valence-electron chi connectivity index (χ4n) is 1.23. The van der Waals surface area contributed by atoms with Crippen molar-refractivity contribution in [1.29, 1.82) is 0 Å². The van der Waals surface area contributed by atoms with Crippen molar-refractivity contribution < 1.29 is 19.1 Å². The topological polar surface area (TPSA) is 52.6 Å². The van der Waals surface area contributed by atoms with Crippen molar-refractivity contribution in [3.8, 4) is 0 Å². The quantitative estimate of drug-likeness (QED) is 0.122. The maximum Gasteiger partial charge on any atom is 0.333 e. The molecule has 36 heavy (non-hydrogen) atoms. The highest BCUT2D eigenvalue weighted by atomic mass is 16.6. The van der Waals surface area contributed by atoms with Gasteiger partial charge in [-0.05, 0) is 25.7 Å². The first kappa shape index (κ1) is 58.0. The van der Waals surface area contributed by atoms with E-state index in [1.54, 1.807) is 12.2 Å². The van der Waals surface area contributed by atoms with Gasteiger partial charge in [0, 0.05) is 11.1 Å². The van der Waals surface area contributed by atoms with Gasteiger partial charge in [0.05, 0.1) is 0 Å². The van der Waals surface area contributed by atoms with Crippen LogP contribution in [0.1, 0.15) is 25.7 Å². The molecule has 0 aromatic carbocycles. The van der Waals surface area contributed by atoms with Crippen LogP contribution in [0.25, 0.3) is 0 Å². The second-order valence-corrected chi connectivity index (χ2v) is 4.13. The summed E-state index contributed by atoms with van der Waals surface area (Å²) in [5.74, 6) is -0.957. The van der Waals surface area contributed by atoms with E-state index >= 15 is 0 Å². The molecule has 0 rings (SSSR count). The number of carbonyl (C=O) groups is 2. The van der Waals surface area contributed by atoms with Crippen LogP contribution >= 0.6 is 0 Å². The van der Waals surface area contributed by atoms with Crippen molar-refractivity contribution in [3.63, 3.8) is 0 Å². The van der Waals surface area contributed by atoms with E-state index < -0.39 is 11.9 Å². The third kappa shape index (κ3) is 69.9. The zero-order valence-corrected chi connectivity index (χ0v) is 23.2. The second-order valence-electron chi connectivity index (χ2n) is 4.13. The summed E-state index contributed by atoms with van der Waals surface area (Å²) < 4.78 is 9.83. The van der Waals surface area contributed by atoms with Crippen molar-refractivity contribution in [2.75, 3.05) is 13.2 Å². The smallest absolute Gasteiger partial charge is 0.333 e. The van der Waals surface area contributed by atoms with Crippen LogP contribution in [0.4, 0.5) is 0 Å². The Labute approximate surface area is 224 Å². The Morgan fingerprint density at radius 3 is 0.833 bits per heavy atom.